The topological polar surface area (TPSA) is 128 Å². The summed E-state index contributed by atoms with van der Waals surface area (Å²) in [6, 6.07) is 10.3. The molecule has 0 atom stereocenters. The summed E-state index contributed by atoms with van der Waals surface area (Å²) in [4.78, 5) is 8.89. The van der Waals surface area contributed by atoms with Gasteiger partial charge in [-0.3, -0.25) is 0 Å². The quantitative estimate of drug-likeness (QED) is 0.439. The Hall–Kier alpha value is -3.11. The summed E-state index contributed by atoms with van der Waals surface area (Å²) >= 11 is 0. The van der Waals surface area contributed by atoms with Crippen molar-refractivity contribution in [2.24, 2.45) is 0 Å². The molecule has 1 heterocycles. The van der Waals surface area contributed by atoms with Crippen LogP contribution < -0.4 is 25.2 Å². The molecule has 0 fully saturated rings. The molecule has 0 aliphatic rings. The number of nitrogens with two attached hydrogens (primary N) is 1. The molecule has 0 radical (unpaired) electrons. The molecule has 0 unspecified atom stereocenters. The van der Waals surface area contributed by atoms with Crippen LogP contribution in [0.15, 0.2) is 41.3 Å². The molecule has 0 amide bonds. The van der Waals surface area contributed by atoms with Gasteiger partial charge in [-0.15, -0.1) is 0 Å². The van der Waals surface area contributed by atoms with Gasteiger partial charge in [0.25, 0.3) is 0 Å². The van der Waals surface area contributed by atoms with E-state index in [0.717, 1.165) is 5.56 Å². The number of nitrogens with one attached hydrogen (secondary N) is 2. The number of benzene rings is 2. The Morgan fingerprint density at radius 2 is 1.59 bits per heavy atom. The lowest BCUT2D eigenvalue weighted by Gasteiger charge is -2.19. The van der Waals surface area contributed by atoms with Gasteiger partial charge in [0.15, 0.2) is 11.5 Å². The van der Waals surface area contributed by atoms with E-state index in [-0.39, 0.29) is 35.2 Å². The zero-order chi connectivity index (χ0) is 23.5. The summed E-state index contributed by atoms with van der Waals surface area (Å²) in [6.45, 7) is 6.66. The fourth-order valence-corrected chi connectivity index (χ4v) is 4.17. The van der Waals surface area contributed by atoms with E-state index in [9.17, 15) is 8.42 Å². The fourth-order valence-electron chi connectivity index (χ4n) is 3.14. The number of sulfonamides is 1. The molecule has 0 aliphatic carbocycles. The normalized spacial score (nSPS) is 12.0. The molecule has 0 aliphatic heterocycles. The van der Waals surface area contributed by atoms with Gasteiger partial charge >= 0.3 is 0 Å². The van der Waals surface area contributed by atoms with E-state index < -0.39 is 10.0 Å². The largest absolute Gasteiger partial charge is 0.493 e. The summed E-state index contributed by atoms with van der Waals surface area (Å²) in [5, 5.41) is 3.63. The number of hydrogen-bond acceptors (Lipinski definition) is 8. The van der Waals surface area contributed by atoms with Gasteiger partial charge in [0.05, 0.1) is 24.6 Å². The number of ether oxygens (including phenoxy) is 2. The van der Waals surface area contributed by atoms with Crippen LogP contribution >= 0.6 is 0 Å². The fraction of sp³-hybridized carbons (Fsp3) is 0.364. The molecule has 4 N–H and O–H groups in total. The standard InChI is InChI=1S/C22H29N5O4S/c1-22(2,3)14-6-8-15(9-7-14)32(28,29)25-11-10-24-21-26-17-13-19(31-5)18(30-4)12-16(17)20(23)27-21/h6-9,12-13,25H,10-11H2,1-5H3,(H3,23,24,26,27). The number of methoxy groups -OCH3 is 2. The summed E-state index contributed by atoms with van der Waals surface area (Å²) in [6.07, 6.45) is 0. The first-order valence-electron chi connectivity index (χ1n) is 10.1. The van der Waals surface area contributed by atoms with Gasteiger partial charge in [-0.1, -0.05) is 32.9 Å². The molecule has 10 heteroatoms. The molecule has 9 nitrogen and oxygen atoms in total. The molecule has 0 spiro atoms. The second kappa shape index (κ2) is 9.17. The Bertz CT molecular complexity index is 1210. The van der Waals surface area contributed by atoms with Crippen molar-refractivity contribution < 1.29 is 17.9 Å². The summed E-state index contributed by atoms with van der Waals surface area (Å²) in [5.41, 5.74) is 7.67. The van der Waals surface area contributed by atoms with E-state index in [0.29, 0.717) is 22.4 Å². The van der Waals surface area contributed by atoms with Crippen LogP contribution in [0.3, 0.4) is 0 Å². The van der Waals surface area contributed by atoms with Crippen molar-refractivity contribution in [3.63, 3.8) is 0 Å². The first kappa shape index (κ1) is 23.6. The van der Waals surface area contributed by atoms with Gasteiger partial charge in [0, 0.05) is 24.5 Å². The number of nitrogen functional groups attached to an aromatic ring is 1. The number of fused-ring (bicyclic) bond motifs is 1. The third-order valence-corrected chi connectivity index (χ3v) is 6.44. The highest BCUT2D eigenvalue weighted by Gasteiger charge is 2.17. The van der Waals surface area contributed by atoms with Crippen molar-refractivity contribution in [3.8, 4) is 11.5 Å². The maximum absolute atomic E-state index is 12.5. The highest BCUT2D eigenvalue weighted by atomic mass is 32.2. The monoisotopic (exact) mass is 459 g/mol. The van der Waals surface area contributed by atoms with Crippen LogP contribution in [-0.4, -0.2) is 45.7 Å². The predicted molar refractivity (Wildman–Crippen MR) is 126 cm³/mol. The van der Waals surface area contributed by atoms with Crippen LogP contribution in [-0.2, 0) is 15.4 Å². The van der Waals surface area contributed by atoms with Crippen molar-refractivity contribution >= 4 is 32.7 Å². The zero-order valence-electron chi connectivity index (χ0n) is 18.9. The Labute approximate surface area is 188 Å². The molecule has 172 valence electrons. The number of hydrogen-bond donors (Lipinski definition) is 3. The maximum Gasteiger partial charge on any atom is 0.240 e. The highest BCUT2D eigenvalue weighted by molar-refractivity contribution is 7.89. The van der Waals surface area contributed by atoms with Crippen LogP contribution in [0.1, 0.15) is 26.3 Å². The maximum atomic E-state index is 12.5. The molecule has 32 heavy (non-hydrogen) atoms. The third kappa shape index (κ3) is 5.20. The summed E-state index contributed by atoms with van der Waals surface area (Å²) < 4.78 is 38.3. The average molecular weight is 460 g/mol. The van der Waals surface area contributed by atoms with Gasteiger partial charge in [-0.2, -0.15) is 4.98 Å². The molecular weight excluding hydrogens is 430 g/mol. The number of aromatic nitrogens is 2. The molecule has 1 aromatic heterocycles. The van der Waals surface area contributed by atoms with E-state index in [4.69, 9.17) is 15.2 Å². The Morgan fingerprint density at radius 1 is 0.969 bits per heavy atom. The second-order valence-corrected chi connectivity index (χ2v) is 10.0. The molecular formula is C22H29N5O4S. The van der Waals surface area contributed by atoms with E-state index in [1.54, 1.807) is 24.3 Å². The number of nitrogens with zero attached hydrogens (tertiary/aromatic N) is 2. The van der Waals surface area contributed by atoms with Crippen molar-refractivity contribution in [2.45, 2.75) is 31.1 Å². The average Bonchev–Trinajstić information content (AvgIpc) is 2.75. The minimum absolute atomic E-state index is 0.0451. The van der Waals surface area contributed by atoms with Crippen LogP contribution in [0.2, 0.25) is 0 Å². The highest BCUT2D eigenvalue weighted by Crippen LogP contribution is 2.33. The Balaban J connectivity index is 1.66. The molecule has 2 aromatic carbocycles. The van der Waals surface area contributed by atoms with Crippen molar-refractivity contribution in [2.75, 3.05) is 38.4 Å². The summed E-state index contributed by atoms with van der Waals surface area (Å²) in [7, 11) is -0.546. The van der Waals surface area contributed by atoms with E-state index in [1.165, 1.54) is 14.2 Å². The van der Waals surface area contributed by atoms with Crippen molar-refractivity contribution in [1.29, 1.82) is 0 Å². The lowest BCUT2D eigenvalue weighted by atomic mass is 9.87. The van der Waals surface area contributed by atoms with Gasteiger partial charge in [-0.25, -0.2) is 18.1 Å². The molecule has 3 rings (SSSR count). The molecule has 3 aromatic rings. The summed E-state index contributed by atoms with van der Waals surface area (Å²) in [5.74, 6) is 1.61. The first-order chi connectivity index (χ1) is 15.0. The van der Waals surface area contributed by atoms with E-state index in [2.05, 4.69) is 40.8 Å². The number of rotatable bonds is 8. The van der Waals surface area contributed by atoms with Crippen LogP contribution in [0.5, 0.6) is 11.5 Å². The second-order valence-electron chi connectivity index (χ2n) is 8.26. The molecule has 0 saturated carbocycles. The van der Waals surface area contributed by atoms with Crippen molar-refractivity contribution in [1.82, 2.24) is 14.7 Å². The minimum atomic E-state index is -3.62. The van der Waals surface area contributed by atoms with Gasteiger partial charge < -0.3 is 20.5 Å². The first-order valence-corrected chi connectivity index (χ1v) is 11.6. The van der Waals surface area contributed by atoms with Gasteiger partial charge in [0.2, 0.25) is 16.0 Å². The molecule has 0 bridgehead atoms. The smallest absolute Gasteiger partial charge is 0.240 e. The van der Waals surface area contributed by atoms with E-state index in [1.807, 2.05) is 12.1 Å². The lowest BCUT2D eigenvalue weighted by Crippen LogP contribution is -2.29. The lowest BCUT2D eigenvalue weighted by molar-refractivity contribution is 0.356. The molecule has 0 saturated heterocycles. The van der Waals surface area contributed by atoms with E-state index >= 15 is 0 Å². The van der Waals surface area contributed by atoms with Crippen LogP contribution in [0.25, 0.3) is 10.9 Å². The van der Waals surface area contributed by atoms with Crippen molar-refractivity contribution in [3.05, 3.63) is 42.0 Å². The Kier molecular flexibility index (Phi) is 6.75. The Morgan fingerprint density at radius 3 is 2.19 bits per heavy atom. The third-order valence-electron chi connectivity index (χ3n) is 4.96. The van der Waals surface area contributed by atoms with Gasteiger partial charge in [-0.05, 0) is 29.2 Å². The predicted octanol–water partition coefficient (Wildman–Crippen LogP) is 2.92. The minimum Gasteiger partial charge on any atom is -0.493 e. The zero-order valence-corrected chi connectivity index (χ0v) is 19.7. The number of anilines is 2. The SMILES string of the molecule is COc1cc2nc(NCCNS(=O)(=O)c3ccc(C(C)(C)C)cc3)nc(N)c2cc1OC. The van der Waals surface area contributed by atoms with Gasteiger partial charge in [0.1, 0.15) is 5.82 Å². The van der Waals surface area contributed by atoms with Crippen LogP contribution in [0, 0.1) is 0 Å². The van der Waals surface area contributed by atoms with Crippen LogP contribution in [0.4, 0.5) is 11.8 Å².